The van der Waals surface area contributed by atoms with Crippen LogP contribution in [0.4, 0.5) is 0 Å². The fourth-order valence-corrected chi connectivity index (χ4v) is 2.65. The van der Waals surface area contributed by atoms with E-state index in [1.165, 1.54) is 23.1 Å². The Morgan fingerprint density at radius 2 is 1.96 bits per heavy atom. The van der Waals surface area contributed by atoms with E-state index in [1.54, 1.807) is 11.0 Å². The summed E-state index contributed by atoms with van der Waals surface area (Å²) in [5.41, 5.74) is 1.87. The number of amides is 1. The molecule has 0 fully saturated rings. The number of hydrogen-bond acceptors (Lipinski definition) is 5. The standard InChI is InChI=1S/C19H22N6O2/c1-3-4-11-24-18(26)10-9-17(23-24)19(27)22-14(2)15-5-7-16(8-6-15)25-13-20-12-21-25/h5-10,12-14H,3-4,11H2,1-2H3,(H,22,27). The van der Waals surface area contributed by atoms with Crippen molar-refractivity contribution in [2.24, 2.45) is 0 Å². The quantitative estimate of drug-likeness (QED) is 0.691. The molecule has 8 heteroatoms. The monoisotopic (exact) mass is 366 g/mol. The first-order valence-electron chi connectivity index (χ1n) is 8.92. The Hall–Kier alpha value is -3.29. The van der Waals surface area contributed by atoms with Gasteiger partial charge in [-0.3, -0.25) is 9.59 Å². The van der Waals surface area contributed by atoms with E-state index in [-0.39, 0.29) is 23.2 Å². The van der Waals surface area contributed by atoms with Crippen LogP contribution in [0.15, 0.2) is 53.8 Å². The fourth-order valence-electron chi connectivity index (χ4n) is 2.65. The molecule has 0 aliphatic rings. The number of unbranched alkanes of at least 4 members (excludes halogenated alkanes) is 1. The minimum atomic E-state index is -0.312. The summed E-state index contributed by atoms with van der Waals surface area (Å²) in [7, 11) is 0. The van der Waals surface area contributed by atoms with Gasteiger partial charge in [0.2, 0.25) is 0 Å². The zero-order valence-corrected chi connectivity index (χ0v) is 15.4. The number of carbonyl (C=O) groups excluding carboxylic acids is 1. The first-order valence-corrected chi connectivity index (χ1v) is 8.92. The smallest absolute Gasteiger partial charge is 0.272 e. The van der Waals surface area contributed by atoms with Crippen molar-refractivity contribution in [1.82, 2.24) is 29.9 Å². The van der Waals surface area contributed by atoms with Crippen LogP contribution in [-0.2, 0) is 6.54 Å². The molecule has 8 nitrogen and oxygen atoms in total. The summed E-state index contributed by atoms with van der Waals surface area (Å²) in [6.45, 7) is 4.45. The Bertz CT molecular complexity index is 947. The average Bonchev–Trinajstić information content (AvgIpc) is 3.22. The normalized spacial score (nSPS) is 11.9. The van der Waals surface area contributed by atoms with Crippen molar-refractivity contribution in [2.75, 3.05) is 0 Å². The second-order valence-electron chi connectivity index (χ2n) is 6.26. The van der Waals surface area contributed by atoms with Crippen LogP contribution < -0.4 is 10.9 Å². The number of hydrogen-bond donors (Lipinski definition) is 1. The highest BCUT2D eigenvalue weighted by atomic mass is 16.2. The van der Waals surface area contributed by atoms with E-state index >= 15 is 0 Å². The van der Waals surface area contributed by atoms with E-state index < -0.39 is 0 Å². The molecule has 3 aromatic rings. The van der Waals surface area contributed by atoms with Crippen LogP contribution >= 0.6 is 0 Å². The Kier molecular flexibility index (Phi) is 5.75. The minimum Gasteiger partial charge on any atom is -0.344 e. The van der Waals surface area contributed by atoms with Crippen LogP contribution in [0.2, 0.25) is 0 Å². The number of rotatable bonds is 7. The van der Waals surface area contributed by atoms with Crippen molar-refractivity contribution in [3.63, 3.8) is 0 Å². The van der Waals surface area contributed by atoms with Crippen molar-refractivity contribution >= 4 is 5.91 Å². The first kappa shape index (κ1) is 18.5. The summed E-state index contributed by atoms with van der Waals surface area (Å²) < 4.78 is 3.01. The summed E-state index contributed by atoms with van der Waals surface area (Å²) in [6.07, 6.45) is 4.89. The molecule has 0 saturated carbocycles. The Labute approximate surface area is 156 Å². The molecule has 1 unspecified atom stereocenters. The molecule has 1 amide bonds. The van der Waals surface area contributed by atoms with Crippen LogP contribution in [0.5, 0.6) is 0 Å². The molecule has 2 heterocycles. The third kappa shape index (κ3) is 4.46. The number of aromatic nitrogens is 5. The van der Waals surface area contributed by atoms with E-state index in [0.717, 1.165) is 24.1 Å². The van der Waals surface area contributed by atoms with E-state index in [4.69, 9.17) is 0 Å². The van der Waals surface area contributed by atoms with Gasteiger partial charge in [-0.15, -0.1) is 0 Å². The number of aryl methyl sites for hydroxylation is 1. The van der Waals surface area contributed by atoms with Gasteiger partial charge >= 0.3 is 0 Å². The van der Waals surface area contributed by atoms with Crippen LogP contribution in [0.3, 0.4) is 0 Å². The van der Waals surface area contributed by atoms with Gasteiger partial charge in [0.1, 0.15) is 18.3 Å². The van der Waals surface area contributed by atoms with Crippen molar-refractivity contribution in [2.45, 2.75) is 39.3 Å². The minimum absolute atomic E-state index is 0.197. The number of benzene rings is 1. The lowest BCUT2D eigenvalue weighted by atomic mass is 10.1. The van der Waals surface area contributed by atoms with E-state index in [1.807, 2.05) is 38.1 Å². The summed E-state index contributed by atoms with van der Waals surface area (Å²) in [5.74, 6) is -0.312. The maximum atomic E-state index is 12.5. The molecular formula is C19H22N6O2. The van der Waals surface area contributed by atoms with Gasteiger partial charge in [0.05, 0.1) is 11.7 Å². The molecule has 2 aromatic heterocycles. The highest BCUT2D eigenvalue weighted by molar-refractivity contribution is 5.92. The molecular weight excluding hydrogens is 344 g/mol. The largest absolute Gasteiger partial charge is 0.344 e. The predicted molar refractivity (Wildman–Crippen MR) is 101 cm³/mol. The lowest BCUT2D eigenvalue weighted by molar-refractivity contribution is 0.0932. The fraction of sp³-hybridized carbons (Fsp3) is 0.316. The summed E-state index contributed by atoms with van der Waals surface area (Å²) in [4.78, 5) is 28.3. The van der Waals surface area contributed by atoms with E-state index in [2.05, 4.69) is 20.5 Å². The molecule has 0 aliphatic heterocycles. The molecule has 1 aromatic carbocycles. The average molecular weight is 366 g/mol. The predicted octanol–water partition coefficient (Wildman–Crippen LogP) is 2.12. The maximum absolute atomic E-state index is 12.5. The van der Waals surface area contributed by atoms with Crippen LogP contribution in [-0.4, -0.2) is 30.5 Å². The molecule has 3 rings (SSSR count). The van der Waals surface area contributed by atoms with Gasteiger partial charge in [-0.2, -0.15) is 10.2 Å². The van der Waals surface area contributed by atoms with Crippen LogP contribution in [0, 0.1) is 0 Å². The lowest BCUT2D eigenvalue weighted by Gasteiger charge is -2.15. The summed E-state index contributed by atoms with van der Waals surface area (Å²) in [5, 5.41) is 11.2. The third-order valence-corrected chi connectivity index (χ3v) is 4.25. The second-order valence-corrected chi connectivity index (χ2v) is 6.26. The molecule has 1 N–H and O–H groups in total. The van der Waals surface area contributed by atoms with Gasteiger partial charge < -0.3 is 5.32 Å². The molecule has 140 valence electrons. The van der Waals surface area contributed by atoms with Crippen LogP contribution in [0.1, 0.15) is 48.8 Å². The summed E-state index contributed by atoms with van der Waals surface area (Å²) in [6, 6.07) is 10.3. The Morgan fingerprint density at radius 3 is 2.63 bits per heavy atom. The zero-order chi connectivity index (χ0) is 19.2. The highest BCUT2D eigenvalue weighted by Gasteiger charge is 2.14. The Morgan fingerprint density at radius 1 is 1.19 bits per heavy atom. The van der Waals surface area contributed by atoms with Crippen molar-refractivity contribution in [3.05, 3.63) is 70.7 Å². The SMILES string of the molecule is CCCCn1nc(C(=O)NC(C)c2ccc(-n3cncn3)cc2)ccc1=O. The number of nitrogens with zero attached hydrogens (tertiary/aromatic N) is 5. The van der Waals surface area contributed by atoms with Gasteiger partial charge in [-0.1, -0.05) is 25.5 Å². The van der Waals surface area contributed by atoms with Crippen molar-refractivity contribution in [1.29, 1.82) is 0 Å². The maximum Gasteiger partial charge on any atom is 0.272 e. The number of nitrogens with one attached hydrogen (secondary N) is 1. The molecule has 0 bridgehead atoms. The second kappa shape index (κ2) is 8.39. The van der Waals surface area contributed by atoms with Gasteiger partial charge in [0.25, 0.3) is 11.5 Å². The van der Waals surface area contributed by atoms with Gasteiger partial charge in [0, 0.05) is 12.6 Å². The molecule has 0 aliphatic carbocycles. The van der Waals surface area contributed by atoms with Crippen LogP contribution in [0.25, 0.3) is 5.69 Å². The topological polar surface area (TPSA) is 94.7 Å². The van der Waals surface area contributed by atoms with Crippen molar-refractivity contribution < 1.29 is 4.79 Å². The Balaban J connectivity index is 1.69. The zero-order valence-electron chi connectivity index (χ0n) is 15.4. The molecule has 0 radical (unpaired) electrons. The van der Waals surface area contributed by atoms with Gasteiger partial charge in [-0.05, 0) is 37.1 Å². The first-order chi connectivity index (χ1) is 13.1. The van der Waals surface area contributed by atoms with E-state index in [9.17, 15) is 9.59 Å². The lowest BCUT2D eigenvalue weighted by Crippen LogP contribution is -2.31. The van der Waals surface area contributed by atoms with Gasteiger partial charge in [0.15, 0.2) is 0 Å². The molecule has 0 spiro atoms. The highest BCUT2D eigenvalue weighted by Crippen LogP contribution is 2.15. The van der Waals surface area contributed by atoms with Gasteiger partial charge in [-0.25, -0.2) is 14.3 Å². The number of carbonyl (C=O) groups is 1. The van der Waals surface area contributed by atoms with Crippen molar-refractivity contribution in [3.8, 4) is 5.69 Å². The third-order valence-electron chi connectivity index (χ3n) is 4.25. The summed E-state index contributed by atoms with van der Waals surface area (Å²) >= 11 is 0. The molecule has 0 saturated heterocycles. The molecule has 1 atom stereocenters. The molecule has 27 heavy (non-hydrogen) atoms. The van der Waals surface area contributed by atoms with E-state index in [0.29, 0.717) is 6.54 Å².